The van der Waals surface area contributed by atoms with Crippen molar-refractivity contribution in [2.75, 3.05) is 26.4 Å². The molecular weight excluding hydrogens is 224 g/mol. The Balaban J connectivity index is 4.08. The summed E-state index contributed by atoms with van der Waals surface area (Å²) in [4.78, 5) is 22.8. The molecule has 1 unspecified atom stereocenters. The molecule has 0 amide bonds. The van der Waals surface area contributed by atoms with Crippen LogP contribution in [0.2, 0.25) is 0 Å². The zero-order valence-corrected chi connectivity index (χ0v) is 10.9. The van der Waals surface area contributed by atoms with Gasteiger partial charge in [-0.3, -0.25) is 9.59 Å². The standard InChI is InChI=1S/C12H22O5/c1-4-15-9-10(12(14)17-6-3)7-8-11(13)16-5-2/h10H,4-9H2,1-3H3. The SMILES string of the molecule is CCOCC(CCC(=O)OCC)C(=O)OCC. The first-order valence-corrected chi connectivity index (χ1v) is 6.05. The average molecular weight is 246 g/mol. The van der Waals surface area contributed by atoms with Crippen LogP contribution in [0.25, 0.3) is 0 Å². The van der Waals surface area contributed by atoms with E-state index in [2.05, 4.69) is 0 Å². The lowest BCUT2D eigenvalue weighted by atomic mass is 10.0. The van der Waals surface area contributed by atoms with E-state index in [0.717, 1.165) is 0 Å². The third kappa shape index (κ3) is 7.74. The van der Waals surface area contributed by atoms with Gasteiger partial charge < -0.3 is 14.2 Å². The van der Waals surface area contributed by atoms with Crippen molar-refractivity contribution in [1.29, 1.82) is 0 Å². The van der Waals surface area contributed by atoms with E-state index in [4.69, 9.17) is 14.2 Å². The van der Waals surface area contributed by atoms with E-state index in [1.165, 1.54) is 0 Å². The highest BCUT2D eigenvalue weighted by Crippen LogP contribution is 2.10. The summed E-state index contributed by atoms with van der Waals surface area (Å²) in [5.74, 6) is -0.997. The average Bonchev–Trinajstić information content (AvgIpc) is 2.29. The molecule has 0 aliphatic carbocycles. The van der Waals surface area contributed by atoms with Crippen LogP contribution in [0.1, 0.15) is 33.6 Å². The second-order valence-corrected chi connectivity index (χ2v) is 3.45. The minimum absolute atomic E-state index is 0.213. The normalized spacial score (nSPS) is 11.9. The molecule has 0 aromatic heterocycles. The molecule has 0 aliphatic heterocycles. The Bertz CT molecular complexity index is 227. The van der Waals surface area contributed by atoms with Crippen LogP contribution >= 0.6 is 0 Å². The Morgan fingerprint density at radius 2 is 1.65 bits per heavy atom. The fourth-order valence-corrected chi connectivity index (χ4v) is 1.31. The number of carbonyl (C=O) groups is 2. The summed E-state index contributed by atoms with van der Waals surface area (Å²) in [6.07, 6.45) is 0.613. The molecule has 5 heteroatoms. The molecular formula is C12H22O5. The van der Waals surface area contributed by atoms with Crippen molar-refractivity contribution in [2.45, 2.75) is 33.6 Å². The Kier molecular flexibility index (Phi) is 9.43. The van der Waals surface area contributed by atoms with Crippen molar-refractivity contribution in [3.8, 4) is 0 Å². The molecule has 0 fully saturated rings. The Labute approximate surface area is 102 Å². The minimum atomic E-state index is -0.390. The highest BCUT2D eigenvalue weighted by atomic mass is 16.5. The number of esters is 2. The molecule has 17 heavy (non-hydrogen) atoms. The number of hydrogen-bond acceptors (Lipinski definition) is 5. The minimum Gasteiger partial charge on any atom is -0.466 e. The Hall–Kier alpha value is -1.10. The fourth-order valence-electron chi connectivity index (χ4n) is 1.31. The zero-order chi connectivity index (χ0) is 13.1. The van der Waals surface area contributed by atoms with Crippen molar-refractivity contribution in [3.63, 3.8) is 0 Å². The second kappa shape index (κ2) is 10.1. The quantitative estimate of drug-likeness (QED) is 0.577. The molecule has 0 aliphatic rings. The summed E-state index contributed by atoms with van der Waals surface area (Å²) >= 11 is 0. The van der Waals surface area contributed by atoms with Gasteiger partial charge in [0, 0.05) is 13.0 Å². The molecule has 0 radical (unpaired) electrons. The van der Waals surface area contributed by atoms with E-state index in [0.29, 0.717) is 26.2 Å². The maximum absolute atomic E-state index is 11.6. The van der Waals surface area contributed by atoms with E-state index < -0.39 is 0 Å². The van der Waals surface area contributed by atoms with Gasteiger partial charge in [-0.05, 0) is 27.2 Å². The first kappa shape index (κ1) is 15.9. The predicted molar refractivity (Wildman–Crippen MR) is 62.5 cm³/mol. The molecule has 0 N–H and O–H groups in total. The lowest BCUT2D eigenvalue weighted by molar-refractivity contribution is -0.151. The number of ether oxygens (including phenoxy) is 3. The van der Waals surface area contributed by atoms with Crippen LogP contribution in [0.3, 0.4) is 0 Å². The van der Waals surface area contributed by atoms with Crippen molar-refractivity contribution in [1.82, 2.24) is 0 Å². The van der Waals surface area contributed by atoms with Crippen LogP contribution in [0.4, 0.5) is 0 Å². The van der Waals surface area contributed by atoms with Gasteiger partial charge in [0.2, 0.25) is 0 Å². The van der Waals surface area contributed by atoms with Gasteiger partial charge in [0.25, 0.3) is 0 Å². The topological polar surface area (TPSA) is 61.8 Å². The molecule has 0 spiro atoms. The van der Waals surface area contributed by atoms with Gasteiger partial charge in [-0.25, -0.2) is 0 Å². The molecule has 1 atom stereocenters. The van der Waals surface area contributed by atoms with Gasteiger partial charge in [0.1, 0.15) is 0 Å². The van der Waals surface area contributed by atoms with Gasteiger partial charge in [-0.1, -0.05) is 0 Å². The van der Waals surface area contributed by atoms with Gasteiger partial charge in [0.05, 0.1) is 25.7 Å². The van der Waals surface area contributed by atoms with Crippen molar-refractivity contribution in [2.24, 2.45) is 5.92 Å². The Morgan fingerprint density at radius 3 is 2.18 bits per heavy atom. The molecule has 0 rings (SSSR count). The summed E-state index contributed by atoms with van der Waals surface area (Å²) in [7, 11) is 0. The van der Waals surface area contributed by atoms with Crippen LogP contribution in [-0.4, -0.2) is 38.4 Å². The van der Waals surface area contributed by atoms with Crippen molar-refractivity contribution >= 4 is 11.9 Å². The lowest BCUT2D eigenvalue weighted by Crippen LogP contribution is -2.24. The van der Waals surface area contributed by atoms with Crippen molar-refractivity contribution in [3.05, 3.63) is 0 Å². The molecule has 100 valence electrons. The second-order valence-electron chi connectivity index (χ2n) is 3.45. The van der Waals surface area contributed by atoms with E-state index in [-0.39, 0.29) is 30.9 Å². The summed E-state index contributed by atoms with van der Waals surface area (Å²) < 4.78 is 14.9. The highest BCUT2D eigenvalue weighted by Gasteiger charge is 2.21. The molecule has 0 saturated heterocycles. The number of carbonyl (C=O) groups excluding carboxylic acids is 2. The first-order valence-electron chi connectivity index (χ1n) is 6.05. The van der Waals surface area contributed by atoms with Crippen LogP contribution in [0.5, 0.6) is 0 Å². The molecule has 0 aromatic carbocycles. The fraction of sp³-hybridized carbons (Fsp3) is 0.833. The van der Waals surface area contributed by atoms with Crippen LogP contribution in [-0.2, 0) is 23.8 Å². The van der Waals surface area contributed by atoms with E-state index in [9.17, 15) is 9.59 Å². The Morgan fingerprint density at radius 1 is 1.00 bits per heavy atom. The summed E-state index contributed by atoms with van der Waals surface area (Å²) in [6, 6.07) is 0. The van der Waals surface area contributed by atoms with Crippen LogP contribution in [0.15, 0.2) is 0 Å². The molecule has 0 heterocycles. The van der Waals surface area contributed by atoms with Gasteiger partial charge in [-0.2, -0.15) is 0 Å². The summed E-state index contributed by atoms with van der Waals surface area (Å²) in [5, 5.41) is 0. The first-order chi connectivity index (χ1) is 8.15. The van der Waals surface area contributed by atoms with E-state index in [1.807, 2.05) is 6.92 Å². The summed E-state index contributed by atoms with van der Waals surface area (Å²) in [5.41, 5.74) is 0. The maximum Gasteiger partial charge on any atom is 0.311 e. The largest absolute Gasteiger partial charge is 0.466 e. The number of hydrogen-bond donors (Lipinski definition) is 0. The molecule has 0 bridgehead atoms. The van der Waals surface area contributed by atoms with Gasteiger partial charge in [-0.15, -0.1) is 0 Å². The van der Waals surface area contributed by atoms with Crippen LogP contribution < -0.4 is 0 Å². The van der Waals surface area contributed by atoms with Gasteiger partial charge >= 0.3 is 11.9 Å². The zero-order valence-electron chi connectivity index (χ0n) is 10.9. The lowest BCUT2D eigenvalue weighted by Gasteiger charge is -2.14. The molecule has 0 saturated carbocycles. The third-order valence-corrected chi connectivity index (χ3v) is 2.15. The third-order valence-electron chi connectivity index (χ3n) is 2.15. The van der Waals surface area contributed by atoms with Gasteiger partial charge in [0.15, 0.2) is 0 Å². The molecule has 5 nitrogen and oxygen atoms in total. The molecule has 0 aromatic rings. The predicted octanol–water partition coefficient (Wildman–Crippen LogP) is 1.55. The van der Waals surface area contributed by atoms with Crippen molar-refractivity contribution < 1.29 is 23.8 Å². The van der Waals surface area contributed by atoms with E-state index in [1.54, 1.807) is 13.8 Å². The smallest absolute Gasteiger partial charge is 0.311 e. The van der Waals surface area contributed by atoms with E-state index >= 15 is 0 Å². The highest BCUT2D eigenvalue weighted by molar-refractivity contribution is 5.74. The summed E-state index contributed by atoms with van der Waals surface area (Å²) in [6.45, 7) is 6.87. The monoisotopic (exact) mass is 246 g/mol. The maximum atomic E-state index is 11.6. The van der Waals surface area contributed by atoms with Crippen LogP contribution in [0, 0.1) is 5.92 Å². The number of rotatable bonds is 9.